The molecule has 0 radical (unpaired) electrons. The number of fused-ring (bicyclic) bond motifs is 1. The van der Waals surface area contributed by atoms with Crippen LogP contribution in [0.2, 0.25) is 0 Å². The minimum Gasteiger partial charge on any atom is -0.351 e. The van der Waals surface area contributed by atoms with Gasteiger partial charge in [0.25, 0.3) is 10.0 Å². The van der Waals surface area contributed by atoms with Crippen molar-refractivity contribution in [1.82, 2.24) is 5.32 Å². The molecule has 2 heterocycles. The third-order valence-corrected chi connectivity index (χ3v) is 6.90. The number of carbonyl (C=O) groups excluding carboxylic acids is 1. The van der Waals surface area contributed by atoms with Gasteiger partial charge in [0.15, 0.2) is 0 Å². The van der Waals surface area contributed by atoms with Gasteiger partial charge in [-0.3, -0.25) is 9.10 Å². The Kier molecular flexibility index (Phi) is 3.92. The van der Waals surface area contributed by atoms with Crippen molar-refractivity contribution in [3.05, 3.63) is 46.8 Å². The molecule has 1 aliphatic rings. The number of benzene rings is 1. The zero-order valence-corrected chi connectivity index (χ0v) is 13.7. The highest BCUT2D eigenvalue weighted by Gasteiger charge is 2.31. The second kappa shape index (κ2) is 5.73. The minimum atomic E-state index is -3.53. The summed E-state index contributed by atoms with van der Waals surface area (Å²) in [6.07, 6.45) is 0.736. The molecule has 116 valence electrons. The number of carbonyl (C=O) groups is 1. The molecule has 0 saturated carbocycles. The van der Waals surface area contributed by atoms with E-state index in [2.05, 4.69) is 5.32 Å². The van der Waals surface area contributed by atoms with E-state index in [4.69, 9.17) is 0 Å². The molecule has 0 atom stereocenters. The number of rotatable bonds is 4. The summed E-state index contributed by atoms with van der Waals surface area (Å²) in [5.41, 5.74) is 1.82. The van der Waals surface area contributed by atoms with Crippen LogP contribution < -0.4 is 9.62 Å². The Hall–Kier alpha value is -1.86. The van der Waals surface area contributed by atoms with Gasteiger partial charge >= 0.3 is 0 Å². The van der Waals surface area contributed by atoms with Crippen LogP contribution in [0.1, 0.15) is 17.4 Å². The van der Waals surface area contributed by atoms with Crippen molar-refractivity contribution in [2.24, 2.45) is 0 Å². The average molecular weight is 336 g/mol. The summed E-state index contributed by atoms with van der Waals surface area (Å²) >= 11 is 1.20. The Balaban J connectivity index is 1.87. The van der Waals surface area contributed by atoms with Crippen LogP contribution in [-0.4, -0.2) is 20.9 Å². The maximum atomic E-state index is 12.8. The highest BCUT2D eigenvalue weighted by Crippen LogP contribution is 2.34. The number of nitrogens with zero attached hydrogens (tertiary/aromatic N) is 1. The highest BCUT2D eigenvalue weighted by molar-refractivity contribution is 7.94. The predicted octanol–water partition coefficient (Wildman–Crippen LogP) is 2.14. The van der Waals surface area contributed by atoms with E-state index >= 15 is 0 Å². The Labute approximate surface area is 133 Å². The quantitative estimate of drug-likeness (QED) is 0.930. The number of amides is 1. The molecule has 5 nitrogen and oxygen atoms in total. The molecule has 3 rings (SSSR count). The molecule has 0 fully saturated rings. The van der Waals surface area contributed by atoms with Gasteiger partial charge in [0.1, 0.15) is 4.21 Å². The monoisotopic (exact) mass is 336 g/mol. The van der Waals surface area contributed by atoms with Crippen molar-refractivity contribution >= 4 is 33.0 Å². The zero-order valence-electron chi connectivity index (χ0n) is 12.1. The van der Waals surface area contributed by atoms with Crippen molar-refractivity contribution in [3.63, 3.8) is 0 Å². The third-order valence-electron chi connectivity index (χ3n) is 3.54. The van der Waals surface area contributed by atoms with Gasteiger partial charge in [-0.05, 0) is 30.2 Å². The van der Waals surface area contributed by atoms with E-state index in [0.29, 0.717) is 17.3 Å². The van der Waals surface area contributed by atoms with Crippen LogP contribution in [0.25, 0.3) is 0 Å². The Morgan fingerprint density at radius 2 is 2.05 bits per heavy atom. The first kappa shape index (κ1) is 15.1. The maximum absolute atomic E-state index is 12.8. The number of sulfonamides is 1. The lowest BCUT2D eigenvalue weighted by Crippen LogP contribution is -2.28. The smallest absolute Gasteiger partial charge is 0.273 e. The largest absolute Gasteiger partial charge is 0.351 e. The molecule has 22 heavy (non-hydrogen) atoms. The second-order valence-electron chi connectivity index (χ2n) is 5.09. The second-order valence-corrected chi connectivity index (χ2v) is 8.34. The van der Waals surface area contributed by atoms with Crippen molar-refractivity contribution in [2.75, 3.05) is 10.8 Å². The Bertz CT molecular complexity index is 812. The first-order chi connectivity index (χ1) is 10.5. The molecule has 0 aliphatic carbocycles. The van der Waals surface area contributed by atoms with E-state index in [1.54, 1.807) is 12.1 Å². The highest BCUT2D eigenvalue weighted by atomic mass is 32.2. The number of hydrogen-bond donors (Lipinski definition) is 1. The number of para-hydroxylation sites is 1. The summed E-state index contributed by atoms with van der Waals surface area (Å²) in [7, 11) is -3.53. The van der Waals surface area contributed by atoms with Crippen LogP contribution in [0.5, 0.6) is 0 Å². The van der Waals surface area contributed by atoms with E-state index in [0.717, 1.165) is 22.5 Å². The van der Waals surface area contributed by atoms with Gasteiger partial charge in [-0.25, -0.2) is 8.42 Å². The number of anilines is 1. The first-order valence-electron chi connectivity index (χ1n) is 6.92. The fourth-order valence-corrected chi connectivity index (χ4v) is 5.38. The third kappa shape index (κ3) is 2.74. The summed E-state index contributed by atoms with van der Waals surface area (Å²) < 4.78 is 27.4. The molecule has 0 bridgehead atoms. The maximum Gasteiger partial charge on any atom is 0.273 e. The standard InChI is InChI=1S/C15H16N2O3S2/c1-11(18)16-10-13-6-7-15(21-13)22(19,20)17-9-8-12-4-2-3-5-14(12)17/h2-7H,8-10H2,1H3,(H,16,18). The lowest BCUT2D eigenvalue weighted by molar-refractivity contribution is -0.119. The van der Waals surface area contributed by atoms with Gasteiger partial charge < -0.3 is 5.32 Å². The van der Waals surface area contributed by atoms with Gasteiger partial charge in [-0.15, -0.1) is 11.3 Å². The van der Waals surface area contributed by atoms with E-state index in [1.165, 1.54) is 22.6 Å². The number of thiophene rings is 1. The number of nitrogens with one attached hydrogen (secondary N) is 1. The molecule has 1 amide bonds. The SMILES string of the molecule is CC(=O)NCc1ccc(S(=O)(=O)N2CCc3ccccc32)s1. The van der Waals surface area contributed by atoms with Crippen LogP contribution in [0, 0.1) is 0 Å². The van der Waals surface area contributed by atoms with Crippen LogP contribution in [-0.2, 0) is 27.8 Å². The molecule has 0 unspecified atom stereocenters. The van der Waals surface area contributed by atoms with Crippen LogP contribution in [0.3, 0.4) is 0 Å². The number of hydrogen-bond acceptors (Lipinski definition) is 4. The van der Waals surface area contributed by atoms with Crippen LogP contribution in [0.15, 0.2) is 40.6 Å². The summed E-state index contributed by atoms with van der Waals surface area (Å²) in [6.45, 7) is 2.26. The van der Waals surface area contributed by atoms with Crippen molar-refractivity contribution in [2.45, 2.75) is 24.1 Å². The molecule has 0 saturated heterocycles. The predicted molar refractivity (Wildman–Crippen MR) is 86.5 cm³/mol. The average Bonchev–Trinajstić information content (AvgIpc) is 3.12. The molecule has 0 spiro atoms. The van der Waals surface area contributed by atoms with E-state index in [9.17, 15) is 13.2 Å². The molecule has 1 N–H and O–H groups in total. The van der Waals surface area contributed by atoms with Crippen molar-refractivity contribution in [1.29, 1.82) is 0 Å². The van der Waals surface area contributed by atoms with Crippen molar-refractivity contribution in [3.8, 4) is 0 Å². The fraction of sp³-hybridized carbons (Fsp3) is 0.267. The molecular weight excluding hydrogens is 320 g/mol. The van der Waals surface area contributed by atoms with Gasteiger partial charge in [-0.2, -0.15) is 0 Å². The van der Waals surface area contributed by atoms with Gasteiger partial charge in [-0.1, -0.05) is 18.2 Å². The fourth-order valence-electron chi connectivity index (χ4n) is 2.47. The first-order valence-corrected chi connectivity index (χ1v) is 9.18. The topological polar surface area (TPSA) is 66.5 Å². The van der Waals surface area contributed by atoms with E-state index < -0.39 is 10.0 Å². The lowest BCUT2D eigenvalue weighted by Gasteiger charge is -2.18. The van der Waals surface area contributed by atoms with E-state index in [-0.39, 0.29) is 5.91 Å². The normalized spacial score (nSPS) is 14.0. The van der Waals surface area contributed by atoms with Crippen LogP contribution >= 0.6 is 11.3 Å². The summed E-state index contributed by atoms with van der Waals surface area (Å²) in [4.78, 5) is 11.8. The molecule has 7 heteroatoms. The van der Waals surface area contributed by atoms with Gasteiger partial charge in [0, 0.05) is 18.3 Å². The molecule has 1 aromatic heterocycles. The van der Waals surface area contributed by atoms with Crippen LogP contribution in [0.4, 0.5) is 5.69 Å². The summed E-state index contributed by atoms with van der Waals surface area (Å²) in [5.74, 6) is -0.133. The Morgan fingerprint density at radius 1 is 1.27 bits per heavy atom. The molecular formula is C15H16N2O3S2. The molecule has 2 aromatic rings. The lowest BCUT2D eigenvalue weighted by atomic mass is 10.2. The minimum absolute atomic E-state index is 0.133. The summed E-state index contributed by atoms with van der Waals surface area (Å²) in [5, 5.41) is 2.67. The summed E-state index contributed by atoms with van der Waals surface area (Å²) in [6, 6.07) is 10.9. The molecule has 1 aromatic carbocycles. The van der Waals surface area contributed by atoms with Gasteiger partial charge in [0.05, 0.1) is 12.2 Å². The Morgan fingerprint density at radius 3 is 2.82 bits per heavy atom. The van der Waals surface area contributed by atoms with Gasteiger partial charge in [0.2, 0.25) is 5.91 Å². The zero-order chi connectivity index (χ0) is 15.7. The van der Waals surface area contributed by atoms with Crippen molar-refractivity contribution < 1.29 is 13.2 Å². The molecule has 1 aliphatic heterocycles. The van der Waals surface area contributed by atoms with E-state index in [1.807, 2.05) is 24.3 Å².